The summed E-state index contributed by atoms with van der Waals surface area (Å²) >= 11 is 0. The molecule has 0 atom stereocenters. The lowest BCUT2D eigenvalue weighted by molar-refractivity contribution is 0.477. The average molecular weight is 251 g/mol. The first-order valence-electron chi connectivity index (χ1n) is 6.01. The summed E-state index contributed by atoms with van der Waals surface area (Å²) in [5.74, 6) is 0.265. The van der Waals surface area contributed by atoms with E-state index in [1.54, 1.807) is 12.3 Å². The second-order valence-corrected chi connectivity index (χ2v) is 4.42. The van der Waals surface area contributed by atoms with E-state index >= 15 is 0 Å². The molecular formula is C15H13N3O. The minimum absolute atomic E-state index is 0.265. The summed E-state index contributed by atoms with van der Waals surface area (Å²) in [6, 6.07) is 13.4. The Hall–Kier alpha value is -2.62. The van der Waals surface area contributed by atoms with Gasteiger partial charge in [0.1, 0.15) is 11.4 Å². The summed E-state index contributed by atoms with van der Waals surface area (Å²) in [6.07, 6.45) is 1.67. The Morgan fingerprint density at radius 3 is 2.53 bits per heavy atom. The van der Waals surface area contributed by atoms with Crippen LogP contribution in [0.25, 0.3) is 22.4 Å². The van der Waals surface area contributed by atoms with Gasteiger partial charge < -0.3 is 5.11 Å². The van der Waals surface area contributed by atoms with Crippen LogP contribution in [-0.2, 0) is 0 Å². The number of aryl methyl sites for hydroxylation is 1. The van der Waals surface area contributed by atoms with Crippen molar-refractivity contribution in [2.75, 3.05) is 0 Å². The zero-order valence-electron chi connectivity index (χ0n) is 10.5. The molecule has 0 bridgehead atoms. The van der Waals surface area contributed by atoms with Gasteiger partial charge >= 0.3 is 0 Å². The zero-order valence-corrected chi connectivity index (χ0v) is 10.5. The van der Waals surface area contributed by atoms with Crippen molar-refractivity contribution >= 4 is 0 Å². The van der Waals surface area contributed by atoms with Crippen LogP contribution in [0, 0.1) is 6.92 Å². The molecule has 3 rings (SSSR count). The Bertz CT molecular complexity index is 705. The van der Waals surface area contributed by atoms with Crippen LogP contribution in [0.4, 0.5) is 0 Å². The number of aromatic nitrogens is 3. The molecule has 94 valence electrons. The van der Waals surface area contributed by atoms with E-state index in [0.29, 0.717) is 0 Å². The molecule has 19 heavy (non-hydrogen) atoms. The van der Waals surface area contributed by atoms with Crippen LogP contribution in [0.2, 0.25) is 0 Å². The van der Waals surface area contributed by atoms with Crippen molar-refractivity contribution in [2.45, 2.75) is 6.92 Å². The van der Waals surface area contributed by atoms with Gasteiger partial charge in [0.15, 0.2) is 0 Å². The van der Waals surface area contributed by atoms with E-state index in [2.05, 4.69) is 15.4 Å². The van der Waals surface area contributed by atoms with E-state index < -0.39 is 0 Å². The fourth-order valence-electron chi connectivity index (χ4n) is 2.14. The SMILES string of the molecule is Cc1ccc(O)c(-c2ccccc2-c2cn[nH]n2)c1. The second-order valence-electron chi connectivity index (χ2n) is 4.42. The quantitative estimate of drug-likeness (QED) is 0.735. The maximum Gasteiger partial charge on any atom is 0.123 e. The van der Waals surface area contributed by atoms with Crippen LogP contribution >= 0.6 is 0 Å². The van der Waals surface area contributed by atoms with Crippen LogP contribution < -0.4 is 0 Å². The zero-order chi connectivity index (χ0) is 13.2. The van der Waals surface area contributed by atoms with Gasteiger partial charge in [0, 0.05) is 11.1 Å². The number of H-pyrrole nitrogens is 1. The molecule has 0 saturated heterocycles. The van der Waals surface area contributed by atoms with Crippen molar-refractivity contribution in [3.8, 4) is 28.1 Å². The molecule has 0 aliphatic heterocycles. The van der Waals surface area contributed by atoms with Gasteiger partial charge in [0.05, 0.1) is 6.20 Å². The van der Waals surface area contributed by atoms with E-state index in [0.717, 1.165) is 27.9 Å². The molecule has 2 aromatic carbocycles. The van der Waals surface area contributed by atoms with E-state index in [9.17, 15) is 5.11 Å². The smallest absolute Gasteiger partial charge is 0.123 e. The first kappa shape index (κ1) is 11.5. The number of hydrogen-bond acceptors (Lipinski definition) is 3. The molecule has 0 fully saturated rings. The maximum absolute atomic E-state index is 10.1. The molecule has 0 unspecified atom stereocenters. The van der Waals surface area contributed by atoms with Gasteiger partial charge in [0.25, 0.3) is 0 Å². The molecule has 1 heterocycles. The monoisotopic (exact) mass is 251 g/mol. The van der Waals surface area contributed by atoms with Crippen LogP contribution in [0.5, 0.6) is 5.75 Å². The van der Waals surface area contributed by atoms with Crippen LogP contribution in [-0.4, -0.2) is 20.5 Å². The van der Waals surface area contributed by atoms with Gasteiger partial charge in [-0.15, -0.1) is 0 Å². The molecule has 2 N–H and O–H groups in total. The number of phenolic OH excluding ortho intramolecular Hbond substituents is 1. The summed E-state index contributed by atoms with van der Waals surface area (Å²) in [6.45, 7) is 2.00. The predicted octanol–water partition coefficient (Wildman–Crippen LogP) is 3.15. The standard InChI is InChI=1S/C15H13N3O/c1-10-6-7-15(19)13(8-10)11-4-2-3-5-12(11)14-9-16-18-17-14/h2-9,19H,1H3,(H,16,17,18). The summed E-state index contributed by atoms with van der Waals surface area (Å²) in [4.78, 5) is 0. The van der Waals surface area contributed by atoms with Gasteiger partial charge in [-0.3, -0.25) is 0 Å². The number of hydrogen-bond donors (Lipinski definition) is 2. The summed E-state index contributed by atoms with van der Waals surface area (Å²) < 4.78 is 0. The molecule has 0 spiro atoms. The van der Waals surface area contributed by atoms with Crippen LogP contribution in [0.3, 0.4) is 0 Å². The number of nitrogens with one attached hydrogen (secondary N) is 1. The van der Waals surface area contributed by atoms with Crippen molar-refractivity contribution in [3.63, 3.8) is 0 Å². The van der Waals surface area contributed by atoms with E-state index in [-0.39, 0.29) is 5.75 Å². The third kappa shape index (κ3) is 2.08. The number of aromatic hydroxyl groups is 1. The lowest BCUT2D eigenvalue weighted by atomic mass is 9.96. The topological polar surface area (TPSA) is 61.8 Å². The molecular weight excluding hydrogens is 238 g/mol. The Kier molecular flexibility index (Phi) is 2.76. The first-order valence-corrected chi connectivity index (χ1v) is 6.01. The maximum atomic E-state index is 10.1. The molecule has 1 aromatic heterocycles. The Morgan fingerprint density at radius 1 is 1.00 bits per heavy atom. The molecule has 3 aromatic rings. The van der Waals surface area contributed by atoms with Crippen molar-refractivity contribution in [1.82, 2.24) is 15.4 Å². The van der Waals surface area contributed by atoms with E-state index in [1.165, 1.54) is 0 Å². The van der Waals surface area contributed by atoms with Crippen molar-refractivity contribution < 1.29 is 5.11 Å². The molecule has 0 aliphatic rings. The van der Waals surface area contributed by atoms with E-state index in [1.807, 2.05) is 43.3 Å². The van der Waals surface area contributed by atoms with Gasteiger partial charge in [0.2, 0.25) is 0 Å². The Balaban J connectivity index is 2.23. The number of rotatable bonds is 2. The Labute approximate surface area is 110 Å². The minimum Gasteiger partial charge on any atom is -0.507 e. The highest BCUT2D eigenvalue weighted by Crippen LogP contribution is 2.36. The number of aromatic amines is 1. The summed E-state index contributed by atoms with van der Waals surface area (Å²) in [5.41, 5.74) is 4.55. The fraction of sp³-hybridized carbons (Fsp3) is 0.0667. The van der Waals surface area contributed by atoms with Crippen LogP contribution in [0.1, 0.15) is 5.56 Å². The highest BCUT2D eigenvalue weighted by atomic mass is 16.3. The number of nitrogens with zero attached hydrogens (tertiary/aromatic N) is 2. The molecule has 0 saturated carbocycles. The normalized spacial score (nSPS) is 10.6. The minimum atomic E-state index is 0.265. The largest absolute Gasteiger partial charge is 0.507 e. The molecule has 0 amide bonds. The van der Waals surface area contributed by atoms with Gasteiger partial charge in [-0.05, 0) is 24.6 Å². The highest BCUT2D eigenvalue weighted by Gasteiger charge is 2.12. The lowest BCUT2D eigenvalue weighted by Gasteiger charge is -2.10. The number of phenols is 1. The highest BCUT2D eigenvalue weighted by molar-refractivity contribution is 5.84. The fourth-order valence-corrected chi connectivity index (χ4v) is 2.14. The molecule has 0 radical (unpaired) electrons. The van der Waals surface area contributed by atoms with Crippen molar-refractivity contribution in [2.24, 2.45) is 0 Å². The average Bonchev–Trinajstić information content (AvgIpc) is 2.95. The third-order valence-corrected chi connectivity index (χ3v) is 3.06. The number of benzene rings is 2. The van der Waals surface area contributed by atoms with Crippen molar-refractivity contribution in [1.29, 1.82) is 0 Å². The van der Waals surface area contributed by atoms with Gasteiger partial charge in [-0.2, -0.15) is 15.4 Å². The van der Waals surface area contributed by atoms with Crippen LogP contribution in [0.15, 0.2) is 48.7 Å². The third-order valence-electron chi connectivity index (χ3n) is 3.06. The lowest BCUT2D eigenvalue weighted by Crippen LogP contribution is -1.87. The molecule has 0 aliphatic carbocycles. The summed E-state index contributed by atoms with van der Waals surface area (Å²) in [5, 5.41) is 20.6. The second kappa shape index (κ2) is 4.57. The van der Waals surface area contributed by atoms with Gasteiger partial charge in [-0.1, -0.05) is 35.9 Å². The molecule has 4 heteroatoms. The van der Waals surface area contributed by atoms with E-state index in [4.69, 9.17) is 0 Å². The first-order chi connectivity index (χ1) is 9.25. The molecule has 4 nitrogen and oxygen atoms in total. The summed E-state index contributed by atoms with van der Waals surface area (Å²) in [7, 11) is 0. The Morgan fingerprint density at radius 2 is 1.79 bits per heavy atom. The predicted molar refractivity (Wildman–Crippen MR) is 73.7 cm³/mol. The van der Waals surface area contributed by atoms with Crippen molar-refractivity contribution in [3.05, 3.63) is 54.2 Å². The van der Waals surface area contributed by atoms with Gasteiger partial charge in [-0.25, -0.2) is 0 Å².